The first-order chi connectivity index (χ1) is 6.24. The highest BCUT2D eigenvalue weighted by atomic mass is 14.9. The molecule has 1 atom stereocenters. The molecule has 0 fully saturated rings. The summed E-state index contributed by atoms with van der Waals surface area (Å²) in [5, 5.41) is 3.35. The SMILES string of the molecule is CN[C@@H](CC(C)C)c1ccccc1. The molecular formula is C12H19N. The third-order valence-corrected chi connectivity index (χ3v) is 2.26. The fourth-order valence-electron chi connectivity index (χ4n) is 1.58. The minimum Gasteiger partial charge on any atom is -0.313 e. The van der Waals surface area contributed by atoms with Crippen molar-refractivity contribution in [3.63, 3.8) is 0 Å². The highest BCUT2D eigenvalue weighted by Crippen LogP contribution is 2.19. The van der Waals surface area contributed by atoms with Gasteiger partial charge in [0.2, 0.25) is 0 Å². The van der Waals surface area contributed by atoms with Gasteiger partial charge in [0.25, 0.3) is 0 Å². The summed E-state index contributed by atoms with van der Waals surface area (Å²) in [6.45, 7) is 4.51. The minimum absolute atomic E-state index is 0.501. The fraction of sp³-hybridized carbons (Fsp3) is 0.500. The molecule has 0 bridgehead atoms. The van der Waals surface area contributed by atoms with Crippen LogP contribution in [0.15, 0.2) is 30.3 Å². The van der Waals surface area contributed by atoms with Crippen LogP contribution >= 0.6 is 0 Å². The van der Waals surface area contributed by atoms with E-state index >= 15 is 0 Å². The van der Waals surface area contributed by atoms with Crippen LogP contribution in [0, 0.1) is 5.92 Å². The second kappa shape index (κ2) is 5.03. The van der Waals surface area contributed by atoms with Crippen LogP contribution in [-0.4, -0.2) is 7.05 Å². The molecule has 0 radical (unpaired) electrons. The van der Waals surface area contributed by atoms with Crippen LogP contribution in [0.25, 0.3) is 0 Å². The average Bonchev–Trinajstić information content (AvgIpc) is 2.15. The maximum atomic E-state index is 3.35. The third kappa shape index (κ3) is 3.19. The standard InChI is InChI=1S/C12H19N/c1-10(2)9-12(13-3)11-7-5-4-6-8-11/h4-8,10,12-13H,9H2,1-3H3/t12-/m0/s1. The van der Waals surface area contributed by atoms with Gasteiger partial charge in [0.05, 0.1) is 0 Å². The van der Waals surface area contributed by atoms with Gasteiger partial charge in [-0.15, -0.1) is 0 Å². The van der Waals surface area contributed by atoms with Crippen molar-refractivity contribution in [1.82, 2.24) is 5.32 Å². The summed E-state index contributed by atoms with van der Waals surface area (Å²) in [5.41, 5.74) is 1.39. The Bertz CT molecular complexity index is 228. The molecule has 0 spiro atoms. The highest BCUT2D eigenvalue weighted by Gasteiger charge is 2.09. The van der Waals surface area contributed by atoms with Crippen LogP contribution in [0.2, 0.25) is 0 Å². The predicted octanol–water partition coefficient (Wildman–Crippen LogP) is 2.99. The van der Waals surface area contributed by atoms with E-state index in [0.29, 0.717) is 6.04 Å². The summed E-state index contributed by atoms with van der Waals surface area (Å²) in [5.74, 6) is 0.734. The first-order valence-corrected chi connectivity index (χ1v) is 4.96. The van der Waals surface area contributed by atoms with Gasteiger partial charge in [-0.25, -0.2) is 0 Å². The molecule has 1 rings (SSSR count). The van der Waals surface area contributed by atoms with E-state index in [0.717, 1.165) is 5.92 Å². The highest BCUT2D eigenvalue weighted by molar-refractivity contribution is 5.18. The Morgan fingerprint density at radius 1 is 1.15 bits per heavy atom. The van der Waals surface area contributed by atoms with Crippen molar-refractivity contribution in [2.75, 3.05) is 7.05 Å². The van der Waals surface area contributed by atoms with Crippen molar-refractivity contribution in [1.29, 1.82) is 0 Å². The zero-order valence-electron chi connectivity index (χ0n) is 8.75. The lowest BCUT2D eigenvalue weighted by Crippen LogP contribution is -2.18. The van der Waals surface area contributed by atoms with Crippen molar-refractivity contribution in [3.8, 4) is 0 Å². The van der Waals surface area contributed by atoms with E-state index in [1.54, 1.807) is 0 Å². The van der Waals surface area contributed by atoms with Crippen LogP contribution < -0.4 is 5.32 Å². The van der Waals surface area contributed by atoms with Crippen molar-refractivity contribution in [2.24, 2.45) is 5.92 Å². The van der Waals surface area contributed by atoms with Gasteiger partial charge in [-0.05, 0) is 24.9 Å². The van der Waals surface area contributed by atoms with Crippen LogP contribution in [0.3, 0.4) is 0 Å². The van der Waals surface area contributed by atoms with Gasteiger partial charge in [-0.3, -0.25) is 0 Å². The lowest BCUT2D eigenvalue weighted by Gasteiger charge is -2.18. The Kier molecular flexibility index (Phi) is 3.97. The van der Waals surface area contributed by atoms with Crippen molar-refractivity contribution < 1.29 is 0 Å². The number of nitrogens with one attached hydrogen (secondary N) is 1. The topological polar surface area (TPSA) is 12.0 Å². The molecule has 0 aliphatic carbocycles. The molecule has 1 aromatic rings. The van der Waals surface area contributed by atoms with Crippen molar-refractivity contribution in [3.05, 3.63) is 35.9 Å². The number of benzene rings is 1. The molecule has 0 aliphatic rings. The van der Waals surface area contributed by atoms with E-state index in [2.05, 4.69) is 49.5 Å². The lowest BCUT2D eigenvalue weighted by molar-refractivity contribution is 0.457. The molecule has 72 valence electrons. The molecule has 0 saturated heterocycles. The third-order valence-electron chi connectivity index (χ3n) is 2.26. The normalized spacial score (nSPS) is 13.2. The zero-order chi connectivity index (χ0) is 9.68. The number of hydrogen-bond donors (Lipinski definition) is 1. The van der Waals surface area contributed by atoms with Gasteiger partial charge < -0.3 is 5.32 Å². The molecule has 0 amide bonds. The van der Waals surface area contributed by atoms with Gasteiger partial charge in [0, 0.05) is 6.04 Å². The maximum Gasteiger partial charge on any atom is 0.0319 e. The molecule has 0 aromatic heterocycles. The molecule has 0 unspecified atom stereocenters. The van der Waals surface area contributed by atoms with E-state index in [-0.39, 0.29) is 0 Å². The Labute approximate surface area is 81.2 Å². The monoisotopic (exact) mass is 177 g/mol. The second-order valence-electron chi connectivity index (χ2n) is 3.88. The first-order valence-electron chi connectivity index (χ1n) is 4.96. The van der Waals surface area contributed by atoms with Crippen LogP contribution in [0.4, 0.5) is 0 Å². The molecule has 0 saturated carbocycles. The molecule has 1 aromatic carbocycles. The Balaban J connectivity index is 2.67. The zero-order valence-corrected chi connectivity index (χ0v) is 8.75. The minimum atomic E-state index is 0.501. The summed E-state index contributed by atoms with van der Waals surface area (Å²) in [7, 11) is 2.03. The summed E-state index contributed by atoms with van der Waals surface area (Å²) in [4.78, 5) is 0. The largest absolute Gasteiger partial charge is 0.313 e. The van der Waals surface area contributed by atoms with Gasteiger partial charge in [-0.2, -0.15) is 0 Å². The summed E-state index contributed by atoms with van der Waals surface area (Å²) in [6, 6.07) is 11.1. The second-order valence-corrected chi connectivity index (χ2v) is 3.88. The predicted molar refractivity (Wildman–Crippen MR) is 57.7 cm³/mol. The van der Waals surface area contributed by atoms with Crippen LogP contribution in [0.5, 0.6) is 0 Å². The quantitative estimate of drug-likeness (QED) is 0.745. The number of rotatable bonds is 4. The summed E-state index contributed by atoms with van der Waals surface area (Å²) in [6.07, 6.45) is 1.19. The maximum absolute atomic E-state index is 3.35. The molecule has 13 heavy (non-hydrogen) atoms. The van der Waals surface area contributed by atoms with Gasteiger partial charge in [-0.1, -0.05) is 44.2 Å². The van der Waals surface area contributed by atoms with E-state index < -0.39 is 0 Å². The van der Waals surface area contributed by atoms with E-state index in [1.807, 2.05) is 7.05 Å². The van der Waals surface area contributed by atoms with Gasteiger partial charge >= 0.3 is 0 Å². The molecule has 0 heterocycles. The Morgan fingerprint density at radius 2 is 1.77 bits per heavy atom. The van der Waals surface area contributed by atoms with Crippen molar-refractivity contribution >= 4 is 0 Å². The average molecular weight is 177 g/mol. The summed E-state index contributed by atoms with van der Waals surface area (Å²) >= 11 is 0. The molecule has 1 heteroatoms. The van der Waals surface area contributed by atoms with E-state index in [4.69, 9.17) is 0 Å². The Morgan fingerprint density at radius 3 is 2.23 bits per heavy atom. The fourth-order valence-corrected chi connectivity index (χ4v) is 1.58. The molecule has 0 aliphatic heterocycles. The Hall–Kier alpha value is -0.820. The van der Waals surface area contributed by atoms with Crippen LogP contribution in [-0.2, 0) is 0 Å². The molecular weight excluding hydrogens is 158 g/mol. The lowest BCUT2D eigenvalue weighted by atomic mass is 9.97. The van der Waals surface area contributed by atoms with Crippen molar-refractivity contribution in [2.45, 2.75) is 26.3 Å². The summed E-state index contributed by atoms with van der Waals surface area (Å²) < 4.78 is 0. The van der Waals surface area contributed by atoms with Gasteiger partial charge in [0.15, 0.2) is 0 Å². The van der Waals surface area contributed by atoms with Gasteiger partial charge in [0.1, 0.15) is 0 Å². The molecule has 1 N–H and O–H groups in total. The smallest absolute Gasteiger partial charge is 0.0319 e. The van der Waals surface area contributed by atoms with E-state index in [9.17, 15) is 0 Å². The molecule has 1 nitrogen and oxygen atoms in total. The van der Waals surface area contributed by atoms with E-state index in [1.165, 1.54) is 12.0 Å². The number of hydrogen-bond acceptors (Lipinski definition) is 1. The van der Waals surface area contributed by atoms with Crippen LogP contribution in [0.1, 0.15) is 31.9 Å². The first kappa shape index (κ1) is 10.3.